The van der Waals surface area contributed by atoms with E-state index in [-0.39, 0.29) is 12.5 Å². The van der Waals surface area contributed by atoms with E-state index < -0.39 is 22.1 Å². The van der Waals surface area contributed by atoms with Crippen molar-refractivity contribution in [2.45, 2.75) is 32.0 Å². The predicted molar refractivity (Wildman–Crippen MR) is 110 cm³/mol. The summed E-state index contributed by atoms with van der Waals surface area (Å²) in [6.45, 7) is 2.82. The van der Waals surface area contributed by atoms with Gasteiger partial charge in [0.25, 0.3) is 5.91 Å². The van der Waals surface area contributed by atoms with E-state index in [0.29, 0.717) is 30.2 Å². The molecule has 0 saturated carbocycles. The molecule has 2 aromatic heterocycles. The Morgan fingerprint density at radius 3 is 2.73 bits per heavy atom. The standard InChI is InChI=1S/C19H23N7O3S/c1-3-25-11-14(10-20-25)19(27)26-12-15(24-30(2,28)29)9-16(26)18-21-17(22-23-18)13-7-5-4-6-8-13/h4-8,10-11,15-16,24H,3,9,12H2,1-2H3,(H,21,22,23)/t15-,16-/m0/s1. The fraction of sp³-hybridized carbons (Fsp3) is 0.368. The van der Waals surface area contributed by atoms with Gasteiger partial charge in [0.1, 0.15) is 5.82 Å². The molecule has 1 aromatic carbocycles. The third-order valence-electron chi connectivity index (χ3n) is 5.00. The molecule has 11 heteroatoms. The number of amides is 1. The highest BCUT2D eigenvalue weighted by atomic mass is 32.2. The maximum Gasteiger partial charge on any atom is 0.257 e. The van der Waals surface area contributed by atoms with Crippen LogP contribution in [0, 0.1) is 0 Å². The summed E-state index contributed by atoms with van der Waals surface area (Å²) >= 11 is 0. The number of benzene rings is 1. The molecule has 4 rings (SSSR count). The molecule has 158 valence electrons. The predicted octanol–water partition coefficient (Wildman–Crippen LogP) is 1.19. The topological polar surface area (TPSA) is 126 Å². The highest BCUT2D eigenvalue weighted by Crippen LogP contribution is 2.32. The lowest BCUT2D eigenvalue weighted by atomic mass is 10.1. The molecule has 2 atom stereocenters. The number of hydrogen-bond donors (Lipinski definition) is 2. The minimum absolute atomic E-state index is 0.227. The number of hydrogen-bond acceptors (Lipinski definition) is 6. The van der Waals surface area contributed by atoms with E-state index in [0.717, 1.165) is 11.8 Å². The summed E-state index contributed by atoms with van der Waals surface area (Å²) in [4.78, 5) is 19.4. The molecule has 0 spiro atoms. The van der Waals surface area contributed by atoms with Gasteiger partial charge < -0.3 is 4.90 Å². The lowest BCUT2D eigenvalue weighted by Crippen LogP contribution is -2.38. The van der Waals surface area contributed by atoms with Crippen LogP contribution in [-0.2, 0) is 16.6 Å². The van der Waals surface area contributed by atoms with E-state index in [1.807, 2.05) is 37.3 Å². The quantitative estimate of drug-likeness (QED) is 0.606. The van der Waals surface area contributed by atoms with E-state index in [9.17, 15) is 13.2 Å². The highest BCUT2D eigenvalue weighted by molar-refractivity contribution is 7.88. The smallest absolute Gasteiger partial charge is 0.257 e. The minimum atomic E-state index is -3.42. The molecule has 1 aliphatic rings. The summed E-state index contributed by atoms with van der Waals surface area (Å²) in [6, 6.07) is 8.65. The summed E-state index contributed by atoms with van der Waals surface area (Å²) in [5.41, 5.74) is 1.30. The Morgan fingerprint density at radius 2 is 2.07 bits per heavy atom. The largest absolute Gasteiger partial charge is 0.327 e. The van der Waals surface area contributed by atoms with Crippen molar-refractivity contribution in [1.82, 2.24) is 34.6 Å². The Bertz CT molecular complexity index is 1140. The van der Waals surface area contributed by atoms with Crippen LogP contribution >= 0.6 is 0 Å². The molecule has 1 amide bonds. The normalized spacial score (nSPS) is 19.3. The van der Waals surface area contributed by atoms with Crippen molar-refractivity contribution in [2.75, 3.05) is 12.8 Å². The molecule has 3 aromatic rings. The van der Waals surface area contributed by atoms with E-state index in [1.165, 1.54) is 6.20 Å². The van der Waals surface area contributed by atoms with Crippen LogP contribution in [0.4, 0.5) is 0 Å². The van der Waals surface area contributed by atoms with Gasteiger partial charge in [0.2, 0.25) is 10.0 Å². The molecule has 1 fully saturated rings. The van der Waals surface area contributed by atoms with Gasteiger partial charge in [-0.25, -0.2) is 18.1 Å². The van der Waals surface area contributed by atoms with Crippen LogP contribution in [0.15, 0.2) is 42.7 Å². The number of sulfonamides is 1. The summed E-state index contributed by atoms with van der Waals surface area (Å²) < 4.78 is 27.8. The van der Waals surface area contributed by atoms with Crippen molar-refractivity contribution in [2.24, 2.45) is 0 Å². The van der Waals surface area contributed by atoms with Gasteiger partial charge in [-0.1, -0.05) is 30.3 Å². The molecule has 2 N–H and O–H groups in total. The number of aromatic amines is 1. The molecule has 0 aliphatic carbocycles. The zero-order valence-electron chi connectivity index (χ0n) is 16.7. The van der Waals surface area contributed by atoms with Crippen LogP contribution in [0.25, 0.3) is 11.4 Å². The first-order chi connectivity index (χ1) is 14.3. The van der Waals surface area contributed by atoms with Gasteiger partial charge in [-0.15, -0.1) is 0 Å². The zero-order chi connectivity index (χ0) is 21.3. The SMILES string of the molecule is CCn1cc(C(=O)N2C[C@@H](NS(C)(=O)=O)C[C@H]2c2nc(-c3ccccc3)n[nH]2)cn1. The molecule has 0 unspecified atom stereocenters. The van der Waals surface area contributed by atoms with Crippen LogP contribution in [-0.4, -0.2) is 63.0 Å². The number of carbonyl (C=O) groups is 1. The van der Waals surface area contributed by atoms with Gasteiger partial charge in [-0.2, -0.15) is 10.2 Å². The Morgan fingerprint density at radius 1 is 1.30 bits per heavy atom. The van der Waals surface area contributed by atoms with Crippen LogP contribution < -0.4 is 4.72 Å². The molecular formula is C19H23N7O3S. The number of likely N-dealkylation sites (tertiary alicyclic amines) is 1. The molecule has 10 nitrogen and oxygen atoms in total. The van der Waals surface area contributed by atoms with Gasteiger partial charge in [0, 0.05) is 30.9 Å². The van der Waals surface area contributed by atoms with Crippen LogP contribution in [0.5, 0.6) is 0 Å². The lowest BCUT2D eigenvalue weighted by Gasteiger charge is -2.22. The monoisotopic (exact) mass is 429 g/mol. The maximum atomic E-state index is 13.2. The number of nitrogens with zero attached hydrogens (tertiary/aromatic N) is 5. The Kier molecular flexibility index (Phi) is 5.39. The first-order valence-corrected chi connectivity index (χ1v) is 11.5. The second-order valence-electron chi connectivity index (χ2n) is 7.29. The van der Waals surface area contributed by atoms with Crippen molar-refractivity contribution < 1.29 is 13.2 Å². The summed E-state index contributed by atoms with van der Waals surface area (Å²) in [5, 5.41) is 11.4. The first-order valence-electron chi connectivity index (χ1n) is 9.62. The molecule has 1 saturated heterocycles. The average Bonchev–Trinajstić information content (AvgIpc) is 3.46. The third kappa shape index (κ3) is 4.26. The van der Waals surface area contributed by atoms with E-state index in [4.69, 9.17) is 0 Å². The zero-order valence-corrected chi connectivity index (χ0v) is 17.5. The molecule has 0 radical (unpaired) electrons. The highest BCUT2D eigenvalue weighted by Gasteiger charge is 2.39. The molecule has 30 heavy (non-hydrogen) atoms. The number of aromatic nitrogens is 5. The van der Waals surface area contributed by atoms with E-state index >= 15 is 0 Å². The van der Waals surface area contributed by atoms with Gasteiger partial charge in [-0.3, -0.25) is 14.6 Å². The van der Waals surface area contributed by atoms with Crippen LogP contribution in [0.2, 0.25) is 0 Å². The Labute approximate surface area is 174 Å². The fourth-order valence-electron chi connectivity index (χ4n) is 3.66. The van der Waals surface area contributed by atoms with Gasteiger partial charge >= 0.3 is 0 Å². The van der Waals surface area contributed by atoms with Crippen LogP contribution in [0.1, 0.15) is 35.6 Å². The molecule has 3 heterocycles. The van der Waals surface area contributed by atoms with E-state index in [1.54, 1.807) is 15.8 Å². The van der Waals surface area contributed by atoms with E-state index in [2.05, 4.69) is 25.0 Å². The molecule has 1 aliphatic heterocycles. The van der Waals surface area contributed by atoms with Crippen molar-refractivity contribution in [3.8, 4) is 11.4 Å². The van der Waals surface area contributed by atoms with Gasteiger partial charge in [0.15, 0.2) is 5.82 Å². The second kappa shape index (κ2) is 8.00. The third-order valence-corrected chi connectivity index (χ3v) is 5.76. The Balaban J connectivity index is 1.64. The minimum Gasteiger partial charge on any atom is -0.327 e. The first kappa shape index (κ1) is 20.2. The number of rotatable bonds is 6. The number of aryl methyl sites for hydroxylation is 1. The van der Waals surface area contributed by atoms with Crippen molar-refractivity contribution in [3.63, 3.8) is 0 Å². The summed E-state index contributed by atoms with van der Waals surface area (Å²) in [6.07, 6.45) is 4.71. The number of nitrogens with one attached hydrogen (secondary N) is 2. The molecular weight excluding hydrogens is 406 g/mol. The Hall–Kier alpha value is -3.05. The number of H-pyrrole nitrogens is 1. The average molecular weight is 430 g/mol. The van der Waals surface area contributed by atoms with Crippen molar-refractivity contribution in [3.05, 3.63) is 54.1 Å². The molecule has 0 bridgehead atoms. The summed E-state index contributed by atoms with van der Waals surface area (Å²) in [7, 11) is -3.42. The van der Waals surface area contributed by atoms with Gasteiger partial charge in [-0.05, 0) is 13.3 Å². The second-order valence-corrected chi connectivity index (χ2v) is 9.07. The van der Waals surface area contributed by atoms with Crippen LogP contribution in [0.3, 0.4) is 0 Å². The van der Waals surface area contributed by atoms with Crippen molar-refractivity contribution >= 4 is 15.9 Å². The maximum absolute atomic E-state index is 13.2. The number of carbonyl (C=O) groups excluding carboxylic acids is 1. The summed E-state index contributed by atoms with van der Waals surface area (Å²) in [5.74, 6) is 0.814. The van der Waals surface area contributed by atoms with Gasteiger partial charge in [0.05, 0.1) is 24.1 Å². The van der Waals surface area contributed by atoms with Crippen molar-refractivity contribution in [1.29, 1.82) is 0 Å². The lowest BCUT2D eigenvalue weighted by molar-refractivity contribution is 0.0728. The fourth-order valence-corrected chi connectivity index (χ4v) is 4.44.